The fourth-order valence-corrected chi connectivity index (χ4v) is 6.12. The molecule has 3 heterocycles. The van der Waals surface area contributed by atoms with Crippen LogP contribution in [0.2, 0.25) is 0 Å². The lowest BCUT2D eigenvalue weighted by atomic mass is 9.70. The molecule has 8 nitrogen and oxygen atoms in total. The number of aliphatic hydroxyl groups excluding tert-OH is 1. The Morgan fingerprint density at radius 2 is 2.14 bits per heavy atom. The summed E-state index contributed by atoms with van der Waals surface area (Å²) in [7, 11) is 0. The molecule has 162 valence electrons. The molecule has 3 aliphatic rings. The molecule has 3 aliphatic heterocycles. The van der Waals surface area contributed by atoms with Crippen LogP contribution in [0.25, 0.3) is 0 Å². The van der Waals surface area contributed by atoms with E-state index in [1.165, 1.54) is 4.90 Å². The number of halogens is 1. The van der Waals surface area contributed by atoms with E-state index in [2.05, 4.69) is 22.5 Å². The Bertz CT molecular complexity index is 700. The van der Waals surface area contributed by atoms with Gasteiger partial charge in [-0.15, -0.1) is 6.58 Å². The first-order chi connectivity index (χ1) is 13.7. The van der Waals surface area contributed by atoms with Crippen molar-refractivity contribution in [3.8, 4) is 0 Å². The minimum Gasteiger partial charge on any atom is -0.481 e. The summed E-state index contributed by atoms with van der Waals surface area (Å²) >= 11 is 3.52. The highest BCUT2D eigenvalue weighted by Crippen LogP contribution is 2.60. The van der Waals surface area contributed by atoms with E-state index in [1.54, 1.807) is 11.0 Å². The fourth-order valence-electron chi connectivity index (χ4n) is 5.18. The zero-order valence-electron chi connectivity index (χ0n) is 16.8. The molecule has 6 atom stereocenters. The summed E-state index contributed by atoms with van der Waals surface area (Å²) in [6.45, 7) is 8.11. The minimum absolute atomic E-state index is 0.0103. The van der Waals surface area contributed by atoms with Crippen molar-refractivity contribution in [1.29, 1.82) is 0 Å². The number of unbranched alkanes of at least 4 members (excludes halogenated alkanes) is 1. The molecule has 29 heavy (non-hydrogen) atoms. The van der Waals surface area contributed by atoms with E-state index in [1.807, 2.05) is 13.8 Å². The maximum atomic E-state index is 13.7. The molecule has 2 N–H and O–H groups in total. The zero-order chi connectivity index (χ0) is 21.5. The Morgan fingerprint density at radius 3 is 2.69 bits per heavy atom. The van der Waals surface area contributed by atoms with Gasteiger partial charge in [0.15, 0.2) is 0 Å². The topological polar surface area (TPSA) is 107 Å². The third-order valence-corrected chi connectivity index (χ3v) is 7.19. The van der Waals surface area contributed by atoms with Crippen molar-refractivity contribution in [1.82, 2.24) is 9.80 Å². The van der Waals surface area contributed by atoms with Crippen molar-refractivity contribution in [2.24, 2.45) is 11.8 Å². The summed E-state index contributed by atoms with van der Waals surface area (Å²) in [4.78, 5) is 41.9. The van der Waals surface area contributed by atoms with Gasteiger partial charge < -0.3 is 24.7 Å². The molecule has 1 spiro atoms. The second kappa shape index (κ2) is 8.35. The van der Waals surface area contributed by atoms with E-state index in [-0.39, 0.29) is 35.8 Å². The van der Waals surface area contributed by atoms with E-state index in [4.69, 9.17) is 9.84 Å². The molecular weight excluding hydrogens is 444 g/mol. The van der Waals surface area contributed by atoms with Crippen LogP contribution in [0, 0.1) is 11.8 Å². The van der Waals surface area contributed by atoms with Crippen LogP contribution in [0.1, 0.15) is 33.1 Å². The predicted octanol–water partition coefficient (Wildman–Crippen LogP) is 1.01. The van der Waals surface area contributed by atoms with Crippen molar-refractivity contribution in [2.45, 2.75) is 61.7 Å². The lowest BCUT2D eigenvalue weighted by Crippen LogP contribution is -2.58. The van der Waals surface area contributed by atoms with E-state index in [0.717, 1.165) is 0 Å². The van der Waals surface area contributed by atoms with Crippen molar-refractivity contribution in [3.05, 3.63) is 12.7 Å². The number of carbonyl (C=O) groups excluding carboxylic acids is 2. The minimum atomic E-state index is -1.15. The van der Waals surface area contributed by atoms with Gasteiger partial charge in [-0.3, -0.25) is 14.4 Å². The van der Waals surface area contributed by atoms with Gasteiger partial charge in [0.25, 0.3) is 0 Å². The quantitative estimate of drug-likeness (QED) is 0.294. The van der Waals surface area contributed by atoms with Crippen molar-refractivity contribution >= 4 is 33.7 Å². The second-order valence-electron chi connectivity index (χ2n) is 8.34. The molecule has 0 aromatic carbocycles. The molecule has 0 radical (unpaired) electrons. The number of nitrogens with zero attached hydrogens (tertiary/aromatic N) is 2. The number of alkyl halides is 1. The third-order valence-electron chi connectivity index (χ3n) is 6.35. The first kappa shape index (κ1) is 22.2. The Labute approximate surface area is 179 Å². The van der Waals surface area contributed by atoms with E-state index < -0.39 is 35.6 Å². The number of ether oxygens (including phenoxy) is 1. The molecule has 2 bridgehead atoms. The molecule has 9 heteroatoms. The summed E-state index contributed by atoms with van der Waals surface area (Å²) in [5, 5.41) is 18.9. The van der Waals surface area contributed by atoms with Crippen LogP contribution in [0.5, 0.6) is 0 Å². The standard InChI is InChI=1S/C20H29BrN2O6/c1-4-7-22(11(2)3)18(26)16-20-10-12(21)15(29-20)13(19(27)28)14(20)17(25)23(16)8-5-6-9-24/h4,11-16,24H,1,5-10H2,2-3H3,(H,27,28)/t12?,13-,14+,15-,16-,20+/m1/s1. The first-order valence-corrected chi connectivity index (χ1v) is 11.0. The summed E-state index contributed by atoms with van der Waals surface area (Å²) in [6.07, 6.45) is 2.43. The van der Waals surface area contributed by atoms with E-state index in [0.29, 0.717) is 25.8 Å². The lowest BCUT2D eigenvalue weighted by molar-refractivity contribution is -0.151. The highest BCUT2D eigenvalue weighted by atomic mass is 79.9. The van der Waals surface area contributed by atoms with Gasteiger partial charge in [0.2, 0.25) is 11.8 Å². The Hall–Kier alpha value is -1.45. The average molecular weight is 473 g/mol. The van der Waals surface area contributed by atoms with Gasteiger partial charge in [-0.25, -0.2) is 0 Å². The number of amides is 2. The number of aliphatic hydroxyl groups is 1. The number of likely N-dealkylation sites (tertiary alicyclic amines) is 1. The largest absolute Gasteiger partial charge is 0.481 e. The number of carboxylic acids is 1. The Kier molecular flexibility index (Phi) is 6.41. The Morgan fingerprint density at radius 1 is 1.45 bits per heavy atom. The third kappa shape index (κ3) is 3.41. The highest BCUT2D eigenvalue weighted by molar-refractivity contribution is 9.09. The summed E-state index contributed by atoms with van der Waals surface area (Å²) < 4.78 is 6.21. The van der Waals surface area contributed by atoms with Crippen molar-refractivity contribution < 1.29 is 29.3 Å². The monoisotopic (exact) mass is 472 g/mol. The number of carboxylic acid groups (broad SMARTS) is 1. The molecule has 0 aromatic rings. The molecule has 2 amide bonds. The summed E-state index contributed by atoms with van der Waals surface area (Å²) in [5.74, 6) is -3.51. The normalized spacial score (nSPS) is 35.3. The molecule has 0 saturated carbocycles. The highest BCUT2D eigenvalue weighted by Gasteiger charge is 2.76. The maximum absolute atomic E-state index is 13.7. The molecule has 1 unspecified atom stereocenters. The van der Waals surface area contributed by atoms with Crippen LogP contribution in [-0.4, -0.2) is 86.1 Å². The van der Waals surface area contributed by atoms with Crippen LogP contribution in [0.15, 0.2) is 12.7 Å². The van der Waals surface area contributed by atoms with Gasteiger partial charge in [0.1, 0.15) is 11.6 Å². The number of fused-ring (bicyclic) bond motifs is 1. The molecule has 0 aromatic heterocycles. The smallest absolute Gasteiger partial charge is 0.310 e. The molecular formula is C20H29BrN2O6. The Balaban J connectivity index is 2.04. The number of rotatable bonds is 9. The van der Waals surface area contributed by atoms with Crippen LogP contribution in [0.4, 0.5) is 0 Å². The van der Waals surface area contributed by atoms with Gasteiger partial charge in [-0.1, -0.05) is 22.0 Å². The predicted molar refractivity (Wildman–Crippen MR) is 108 cm³/mol. The van der Waals surface area contributed by atoms with Gasteiger partial charge in [-0.05, 0) is 33.1 Å². The fraction of sp³-hybridized carbons (Fsp3) is 0.750. The van der Waals surface area contributed by atoms with Crippen LogP contribution in [0.3, 0.4) is 0 Å². The van der Waals surface area contributed by atoms with Gasteiger partial charge >= 0.3 is 5.97 Å². The van der Waals surface area contributed by atoms with E-state index >= 15 is 0 Å². The maximum Gasteiger partial charge on any atom is 0.310 e. The van der Waals surface area contributed by atoms with E-state index in [9.17, 15) is 19.5 Å². The van der Waals surface area contributed by atoms with Gasteiger partial charge in [-0.2, -0.15) is 0 Å². The lowest BCUT2D eigenvalue weighted by Gasteiger charge is -2.38. The number of aliphatic carboxylic acids is 1. The van der Waals surface area contributed by atoms with Gasteiger partial charge in [0.05, 0.1) is 17.9 Å². The summed E-state index contributed by atoms with van der Waals surface area (Å²) in [5.41, 5.74) is -1.15. The molecule has 0 aliphatic carbocycles. The van der Waals surface area contributed by atoms with Crippen molar-refractivity contribution in [3.63, 3.8) is 0 Å². The number of hydrogen-bond acceptors (Lipinski definition) is 5. The van der Waals surface area contributed by atoms with Crippen LogP contribution < -0.4 is 0 Å². The van der Waals surface area contributed by atoms with Crippen LogP contribution >= 0.6 is 15.9 Å². The molecule has 3 saturated heterocycles. The first-order valence-electron chi connectivity index (χ1n) is 10.1. The SMILES string of the molecule is C=CCN(C(=O)[C@H]1N(CCCCO)C(=O)[C@@H]2[C@@H](C(=O)O)[C@@H]3O[C@@]21CC3Br)C(C)C. The van der Waals surface area contributed by atoms with Crippen molar-refractivity contribution in [2.75, 3.05) is 19.7 Å². The van der Waals surface area contributed by atoms with Crippen LogP contribution in [-0.2, 0) is 19.1 Å². The molecule has 3 rings (SSSR count). The second-order valence-corrected chi connectivity index (χ2v) is 9.51. The average Bonchev–Trinajstić information content (AvgIpc) is 3.23. The number of carbonyl (C=O) groups is 3. The van der Waals surface area contributed by atoms with Gasteiger partial charge in [0, 0.05) is 30.6 Å². The number of hydrogen-bond donors (Lipinski definition) is 2. The zero-order valence-corrected chi connectivity index (χ0v) is 18.4. The molecule has 3 fully saturated rings. The summed E-state index contributed by atoms with van der Waals surface area (Å²) in [6, 6.07) is -0.991.